The van der Waals surface area contributed by atoms with Gasteiger partial charge in [0, 0.05) is 56.1 Å². The maximum absolute atomic E-state index is 13.5. The first-order valence-electron chi connectivity index (χ1n) is 22.3. The van der Waals surface area contributed by atoms with Crippen LogP contribution in [0.4, 0.5) is 0 Å². The van der Waals surface area contributed by atoms with E-state index in [-0.39, 0.29) is 50.4 Å². The Bertz CT molecular complexity index is 1730. The van der Waals surface area contributed by atoms with E-state index in [0.717, 1.165) is 12.8 Å². The number of hydrogen-bond acceptors (Lipinski definition) is 17. The lowest BCUT2D eigenvalue weighted by atomic mass is 9.70. The van der Waals surface area contributed by atoms with Crippen molar-refractivity contribution in [3.63, 3.8) is 0 Å². The van der Waals surface area contributed by atoms with Crippen LogP contribution in [0.15, 0.2) is 60.5 Å². The molecule has 3 fully saturated rings. The van der Waals surface area contributed by atoms with Crippen LogP contribution in [0.5, 0.6) is 0 Å². The highest BCUT2D eigenvalue weighted by Gasteiger charge is 2.60. The van der Waals surface area contributed by atoms with Gasteiger partial charge in [0.15, 0.2) is 11.9 Å². The summed E-state index contributed by atoms with van der Waals surface area (Å²) in [4.78, 5) is 39.3. The zero-order valence-corrected chi connectivity index (χ0v) is 38.7. The monoisotopic (exact) mass is 908 g/mol. The zero-order chi connectivity index (χ0) is 47.6. The third-order valence-corrected chi connectivity index (χ3v) is 12.8. The number of allylic oxidation sites excluding steroid dienone is 4. The Morgan fingerprint density at radius 1 is 0.906 bits per heavy atom. The Kier molecular flexibility index (Phi) is 18.5. The fourth-order valence-electron chi connectivity index (χ4n) is 9.00. The van der Waals surface area contributed by atoms with Crippen molar-refractivity contribution in [3.8, 4) is 0 Å². The predicted octanol–water partition coefficient (Wildman–Crippen LogP) is 5.41. The van der Waals surface area contributed by atoms with Gasteiger partial charge in [0.1, 0.15) is 12.2 Å². The van der Waals surface area contributed by atoms with E-state index >= 15 is 0 Å². The number of aliphatic hydroxyl groups is 6. The van der Waals surface area contributed by atoms with Crippen molar-refractivity contribution in [2.24, 2.45) is 22.7 Å². The highest BCUT2D eigenvalue weighted by atomic mass is 16.7. The van der Waals surface area contributed by atoms with Crippen LogP contribution in [-0.4, -0.2) is 129 Å². The molecule has 4 aliphatic heterocycles. The van der Waals surface area contributed by atoms with Crippen molar-refractivity contribution in [1.82, 2.24) is 0 Å². The van der Waals surface area contributed by atoms with Crippen molar-refractivity contribution in [3.05, 3.63) is 60.5 Å². The van der Waals surface area contributed by atoms with Crippen molar-refractivity contribution < 1.29 is 82.9 Å². The quantitative estimate of drug-likeness (QED) is 0.0379. The number of rotatable bonds is 11. The molecule has 4 aliphatic rings. The average molecular weight is 909 g/mol. The normalized spacial score (nSPS) is 37.5. The van der Waals surface area contributed by atoms with E-state index in [0.29, 0.717) is 6.42 Å². The number of hydrogen-bond donors (Lipinski definition) is 6. The molecular weight excluding hydrogens is 836 g/mol. The molecule has 6 bridgehead atoms. The number of carbonyl (C=O) groups excluding carboxylic acids is 3. The molecule has 0 amide bonds. The van der Waals surface area contributed by atoms with Crippen LogP contribution in [0, 0.1) is 22.7 Å². The Balaban J connectivity index is 1.88. The van der Waals surface area contributed by atoms with Gasteiger partial charge in [-0.2, -0.15) is 0 Å². The van der Waals surface area contributed by atoms with Crippen molar-refractivity contribution in [1.29, 1.82) is 0 Å². The molecule has 0 aromatic rings. The number of unbranched alkanes of at least 4 members (excludes halogenated alkanes) is 1. The lowest BCUT2D eigenvalue weighted by molar-refractivity contribution is -0.350. The summed E-state index contributed by atoms with van der Waals surface area (Å²) < 4.78 is 47.2. The minimum atomic E-state index is -2.38. The summed E-state index contributed by atoms with van der Waals surface area (Å²) in [5.41, 5.74) is -2.67. The maximum Gasteiger partial charge on any atom is 0.331 e. The summed E-state index contributed by atoms with van der Waals surface area (Å²) in [7, 11) is 2.57. The van der Waals surface area contributed by atoms with Crippen LogP contribution >= 0.6 is 0 Å². The molecule has 0 saturated carbocycles. The van der Waals surface area contributed by atoms with Gasteiger partial charge >= 0.3 is 17.9 Å². The first kappa shape index (κ1) is 52.7. The first-order valence-corrected chi connectivity index (χ1v) is 22.3. The molecule has 0 radical (unpaired) electrons. The van der Waals surface area contributed by atoms with E-state index in [1.54, 1.807) is 45.9 Å². The van der Waals surface area contributed by atoms with Gasteiger partial charge < -0.3 is 68.5 Å². The van der Waals surface area contributed by atoms with Gasteiger partial charge in [-0.15, -0.1) is 0 Å². The Labute approximate surface area is 376 Å². The van der Waals surface area contributed by atoms with Gasteiger partial charge in [-0.25, -0.2) is 4.79 Å². The van der Waals surface area contributed by atoms with Gasteiger partial charge in [0.05, 0.1) is 62.7 Å². The molecule has 6 N–H and O–H groups in total. The molecule has 4 heterocycles. The van der Waals surface area contributed by atoms with E-state index in [9.17, 15) is 45.0 Å². The minimum Gasteiger partial charge on any atom is -0.481 e. The lowest BCUT2D eigenvalue weighted by Crippen LogP contribution is -2.64. The molecule has 362 valence electrons. The van der Waals surface area contributed by atoms with E-state index in [1.807, 2.05) is 13.0 Å². The molecule has 0 spiro atoms. The summed E-state index contributed by atoms with van der Waals surface area (Å²) in [6, 6.07) is 0. The highest BCUT2D eigenvalue weighted by molar-refractivity contribution is 5.82. The van der Waals surface area contributed by atoms with Gasteiger partial charge in [-0.1, -0.05) is 71.4 Å². The second-order valence-corrected chi connectivity index (χ2v) is 18.7. The standard InChI is InChI=1S/C47H72O17/c1-10-11-12-13-14-15-39(51)62-43-31(22-41(53)58-9)21-34-25-37(28(2)48)61-42(54)24-32(50)23-35-26-38(59-29(3)49)45(6,7)46(55,63-35)27-36-19-30(20-40(52)57-8)18-33(60-36)16-17-44(4,5)47(43,56)64-34/h12-17,20,22,28,30-38,43,48,50,52-53,55-56H,10-11,18-19,21,23-27H2,1-9H3/b13-12+,15-14+,17-16+,40-20+,41-22+/t28-,30?,31?,32-,33+,34+,35-,36+,37-,38+,43+,46+,47-/m1/s1. The van der Waals surface area contributed by atoms with E-state index in [1.165, 1.54) is 52.4 Å². The van der Waals surface area contributed by atoms with Crippen molar-refractivity contribution in [2.45, 2.75) is 179 Å². The number of ether oxygens (including phenoxy) is 8. The lowest BCUT2D eigenvalue weighted by Gasteiger charge is -2.54. The Morgan fingerprint density at radius 2 is 1.58 bits per heavy atom. The molecule has 17 heteroatoms. The van der Waals surface area contributed by atoms with E-state index < -0.39 is 114 Å². The molecule has 13 atom stereocenters. The van der Waals surface area contributed by atoms with Gasteiger partial charge in [-0.05, 0) is 44.6 Å². The first-order chi connectivity index (χ1) is 29.9. The van der Waals surface area contributed by atoms with Crippen LogP contribution in [-0.2, 0) is 52.3 Å². The number of carbonyl (C=O) groups is 3. The van der Waals surface area contributed by atoms with Gasteiger partial charge in [0.25, 0.3) is 11.9 Å². The number of cyclic esters (lactones) is 1. The molecule has 2 unspecified atom stereocenters. The van der Waals surface area contributed by atoms with Crippen LogP contribution in [0.25, 0.3) is 0 Å². The number of esters is 3. The Morgan fingerprint density at radius 3 is 2.22 bits per heavy atom. The molecular formula is C47H72O17. The topological polar surface area (TPSA) is 246 Å². The summed E-state index contributed by atoms with van der Waals surface area (Å²) in [5, 5.41) is 68.8. The van der Waals surface area contributed by atoms with Crippen LogP contribution in [0.2, 0.25) is 0 Å². The zero-order valence-electron chi connectivity index (χ0n) is 38.7. The predicted molar refractivity (Wildman–Crippen MR) is 231 cm³/mol. The van der Waals surface area contributed by atoms with Crippen molar-refractivity contribution >= 4 is 17.9 Å². The molecule has 64 heavy (non-hydrogen) atoms. The van der Waals surface area contributed by atoms with Gasteiger partial charge in [-0.3, -0.25) is 9.59 Å². The van der Waals surface area contributed by atoms with Crippen LogP contribution in [0.3, 0.4) is 0 Å². The number of fused-ring (bicyclic) bond motifs is 6. The van der Waals surface area contributed by atoms with Crippen LogP contribution < -0.4 is 0 Å². The average Bonchev–Trinajstić information content (AvgIpc) is 3.19. The summed E-state index contributed by atoms with van der Waals surface area (Å²) in [5.74, 6) is -8.85. The third kappa shape index (κ3) is 13.5. The minimum absolute atomic E-state index is 0.0107. The third-order valence-electron chi connectivity index (χ3n) is 12.8. The van der Waals surface area contributed by atoms with E-state index in [4.69, 9.17) is 37.9 Å². The van der Waals surface area contributed by atoms with E-state index in [2.05, 4.69) is 0 Å². The largest absolute Gasteiger partial charge is 0.481 e. The SMILES string of the molecule is CCC/C=C/C=C/C(=O)O[C@H]1C(/C=C(\O)OC)C[C@H]2C[C@H]([C@@H](C)O)OC(=O)C[C@H](O)C[C@@H]3C[C@H](OC(C)=O)C(C)(C)[C@](O)(C[C@@H]4CC(/C=C(\O)OC)C[C@H](/C=C/C(C)(C)[C@]1(O)O2)O4)O3. The second kappa shape index (κ2) is 22.5. The summed E-state index contributed by atoms with van der Waals surface area (Å²) in [6.07, 6.45) is 4.29. The molecule has 0 aromatic carbocycles. The second-order valence-electron chi connectivity index (χ2n) is 18.7. The van der Waals surface area contributed by atoms with Crippen LogP contribution in [0.1, 0.15) is 113 Å². The number of methoxy groups -OCH3 is 2. The molecule has 0 aliphatic carbocycles. The summed E-state index contributed by atoms with van der Waals surface area (Å²) in [6.45, 7) is 11.4. The van der Waals surface area contributed by atoms with Gasteiger partial charge in [0.2, 0.25) is 5.79 Å². The fraction of sp³-hybridized carbons (Fsp3) is 0.723. The maximum atomic E-state index is 13.5. The smallest absolute Gasteiger partial charge is 0.331 e. The molecule has 4 rings (SSSR count). The molecule has 17 nitrogen and oxygen atoms in total. The highest BCUT2D eigenvalue weighted by Crippen LogP contribution is 2.50. The van der Waals surface area contributed by atoms with Crippen molar-refractivity contribution in [2.75, 3.05) is 14.2 Å². The summed E-state index contributed by atoms with van der Waals surface area (Å²) >= 11 is 0. The number of aliphatic hydroxyl groups excluding tert-OH is 4. The Hall–Kier alpha value is -3.97. The molecule has 0 aromatic heterocycles. The molecule has 3 saturated heterocycles. The fourth-order valence-corrected chi connectivity index (χ4v) is 9.00.